The molecule has 0 N–H and O–H groups in total. The van der Waals surface area contributed by atoms with Gasteiger partial charge in [0.25, 0.3) is 0 Å². The van der Waals surface area contributed by atoms with Crippen molar-refractivity contribution in [3.05, 3.63) is 72.1 Å². The Kier molecular flexibility index (Phi) is 3.92. The highest BCUT2D eigenvalue weighted by molar-refractivity contribution is 5.87. The number of benzene rings is 2. The molecule has 0 aliphatic carbocycles. The van der Waals surface area contributed by atoms with Gasteiger partial charge in [0, 0.05) is 19.2 Å². The minimum Gasteiger partial charge on any atom is -0.457 e. The molecule has 0 saturated heterocycles. The van der Waals surface area contributed by atoms with Crippen LogP contribution in [0.4, 0.5) is 4.39 Å². The predicted molar refractivity (Wildman–Crippen MR) is 82.2 cm³/mol. The van der Waals surface area contributed by atoms with Gasteiger partial charge in [0.1, 0.15) is 17.3 Å². The van der Waals surface area contributed by atoms with E-state index in [1.165, 1.54) is 23.8 Å². The van der Waals surface area contributed by atoms with Gasteiger partial charge in [-0.3, -0.25) is 4.79 Å². The SMILES string of the molecule is C=CC(=O)N1CCc2ccc(Oc3cccc(F)c3)cc2C1. The molecule has 1 heterocycles. The fourth-order valence-corrected chi connectivity index (χ4v) is 2.58. The molecule has 1 aliphatic heterocycles. The lowest BCUT2D eigenvalue weighted by atomic mass is 9.99. The monoisotopic (exact) mass is 297 g/mol. The van der Waals surface area contributed by atoms with Crippen LogP contribution < -0.4 is 4.74 Å². The number of halogens is 1. The van der Waals surface area contributed by atoms with E-state index in [1.54, 1.807) is 17.0 Å². The normalized spacial score (nSPS) is 13.4. The van der Waals surface area contributed by atoms with Gasteiger partial charge in [-0.05, 0) is 47.9 Å². The molecule has 0 unspecified atom stereocenters. The third-order valence-corrected chi connectivity index (χ3v) is 3.71. The third-order valence-electron chi connectivity index (χ3n) is 3.71. The van der Waals surface area contributed by atoms with E-state index >= 15 is 0 Å². The minimum absolute atomic E-state index is 0.0675. The Labute approximate surface area is 128 Å². The first-order valence-electron chi connectivity index (χ1n) is 7.12. The summed E-state index contributed by atoms with van der Waals surface area (Å²) in [6, 6.07) is 11.8. The Morgan fingerprint density at radius 1 is 1.18 bits per heavy atom. The first kappa shape index (κ1) is 14.3. The molecule has 3 nitrogen and oxygen atoms in total. The highest BCUT2D eigenvalue weighted by Crippen LogP contribution is 2.27. The lowest BCUT2D eigenvalue weighted by Gasteiger charge is -2.28. The van der Waals surface area contributed by atoms with Gasteiger partial charge in [-0.1, -0.05) is 18.7 Å². The van der Waals surface area contributed by atoms with Crippen molar-refractivity contribution in [2.75, 3.05) is 6.54 Å². The molecule has 1 amide bonds. The predicted octanol–water partition coefficient (Wildman–Crippen LogP) is 3.69. The first-order valence-corrected chi connectivity index (χ1v) is 7.12. The van der Waals surface area contributed by atoms with Crippen LogP contribution in [-0.4, -0.2) is 17.4 Å². The molecule has 0 radical (unpaired) electrons. The standard InChI is InChI=1S/C18H16FNO2/c1-2-18(21)20-9-8-13-6-7-17(10-14(13)12-20)22-16-5-3-4-15(19)11-16/h2-7,10-11H,1,8-9,12H2. The molecule has 4 heteroatoms. The van der Waals surface area contributed by atoms with Crippen LogP contribution in [-0.2, 0) is 17.8 Å². The van der Waals surface area contributed by atoms with Crippen LogP contribution in [0.15, 0.2) is 55.1 Å². The van der Waals surface area contributed by atoms with E-state index in [4.69, 9.17) is 4.74 Å². The van der Waals surface area contributed by atoms with Crippen molar-refractivity contribution in [3.63, 3.8) is 0 Å². The number of hydrogen-bond donors (Lipinski definition) is 0. The second-order valence-corrected chi connectivity index (χ2v) is 5.20. The van der Waals surface area contributed by atoms with Crippen LogP contribution >= 0.6 is 0 Å². The largest absolute Gasteiger partial charge is 0.457 e. The highest BCUT2D eigenvalue weighted by atomic mass is 19.1. The van der Waals surface area contributed by atoms with Crippen LogP contribution in [0.1, 0.15) is 11.1 Å². The van der Waals surface area contributed by atoms with Crippen molar-refractivity contribution < 1.29 is 13.9 Å². The Bertz CT molecular complexity index is 727. The highest BCUT2D eigenvalue weighted by Gasteiger charge is 2.19. The summed E-state index contributed by atoms with van der Waals surface area (Å²) in [4.78, 5) is 13.5. The number of ether oxygens (including phenoxy) is 1. The van der Waals surface area contributed by atoms with Gasteiger partial charge in [0.2, 0.25) is 5.91 Å². The average molecular weight is 297 g/mol. The van der Waals surface area contributed by atoms with E-state index < -0.39 is 0 Å². The van der Waals surface area contributed by atoms with Crippen molar-refractivity contribution in [2.45, 2.75) is 13.0 Å². The second-order valence-electron chi connectivity index (χ2n) is 5.20. The summed E-state index contributed by atoms with van der Waals surface area (Å²) in [6.07, 6.45) is 2.15. The molecule has 0 bridgehead atoms. The molecule has 0 fully saturated rings. The zero-order valence-electron chi connectivity index (χ0n) is 12.1. The van der Waals surface area contributed by atoms with Gasteiger partial charge in [-0.25, -0.2) is 4.39 Å². The van der Waals surface area contributed by atoms with E-state index in [-0.39, 0.29) is 11.7 Å². The summed E-state index contributed by atoms with van der Waals surface area (Å²) in [7, 11) is 0. The van der Waals surface area contributed by atoms with Gasteiger partial charge in [0.15, 0.2) is 0 Å². The van der Waals surface area contributed by atoms with E-state index in [0.29, 0.717) is 24.6 Å². The number of nitrogens with zero attached hydrogens (tertiary/aromatic N) is 1. The smallest absolute Gasteiger partial charge is 0.246 e. The van der Waals surface area contributed by atoms with Gasteiger partial charge < -0.3 is 9.64 Å². The van der Waals surface area contributed by atoms with Crippen LogP contribution in [0.5, 0.6) is 11.5 Å². The summed E-state index contributed by atoms with van der Waals surface area (Å²) < 4.78 is 18.9. The van der Waals surface area contributed by atoms with Crippen molar-refractivity contribution >= 4 is 5.91 Å². The van der Waals surface area contributed by atoms with E-state index in [9.17, 15) is 9.18 Å². The zero-order valence-corrected chi connectivity index (χ0v) is 12.1. The van der Waals surface area contributed by atoms with Crippen molar-refractivity contribution in [1.29, 1.82) is 0 Å². The van der Waals surface area contributed by atoms with Crippen LogP contribution in [0.3, 0.4) is 0 Å². The lowest BCUT2D eigenvalue weighted by molar-refractivity contribution is -0.126. The maximum absolute atomic E-state index is 13.2. The average Bonchev–Trinajstić information content (AvgIpc) is 2.53. The molecule has 2 aromatic carbocycles. The molecule has 0 atom stereocenters. The number of hydrogen-bond acceptors (Lipinski definition) is 2. The van der Waals surface area contributed by atoms with Gasteiger partial charge in [-0.15, -0.1) is 0 Å². The summed E-state index contributed by atoms with van der Waals surface area (Å²) >= 11 is 0. The molecular formula is C18H16FNO2. The van der Waals surface area contributed by atoms with E-state index in [0.717, 1.165) is 12.0 Å². The van der Waals surface area contributed by atoms with Crippen LogP contribution in [0.2, 0.25) is 0 Å². The van der Waals surface area contributed by atoms with Gasteiger partial charge in [-0.2, -0.15) is 0 Å². The lowest BCUT2D eigenvalue weighted by Crippen LogP contribution is -2.34. The molecule has 0 saturated carbocycles. The number of carbonyl (C=O) groups is 1. The first-order chi connectivity index (χ1) is 10.7. The van der Waals surface area contributed by atoms with E-state index in [2.05, 4.69) is 6.58 Å². The van der Waals surface area contributed by atoms with Gasteiger partial charge in [0.05, 0.1) is 0 Å². The summed E-state index contributed by atoms with van der Waals surface area (Å²) in [5, 5.41) is 0. The van der Waals surface area contributed by atoms with Crippen molar-refractivity contribution in [1.82, 2.24) is 4.90 Å². The minimum atomic E-state index is -0.335. The van der Waals surface area contributed by atoms with Crippen molar-refractivity contribution in [2.24, 2.45) is 0 Å². The molecule has 0 spiro atoms. The maximum atomic E-state index is 13.2. The number of amides is 1. The Hall–Kier alpha value is -2.62. The summed E-state index contributed by atoms with van der Waals surface area (Å²) in [5.41, 5.74) is 2.26. The number of carbonyl (C=O) groups excluding carboxylic acids is 1. The van der Waals surface area contributed by atoms with Gasteiger partial charge >= 0.3 is 0 Å². The molecule has 2 aromatic rings. The summed E-state index contributed by atoms with van der Waals surface area (Å²) in [6.45, 7) is 4.76. The topological polar surface area (TPSA) is 29.5 Å². The maximum Gasteiger partial charge on any atom is 0.246 e. The molecule has 3 rings (SSSR count). The van der Waals surface area contributed by atoms with Crippen molar-refractivity contribution in [3.8, 4) is 11.5 Å². The number of rotatable bonds is 3. The fraction of sp³-hybridized carbons (Fsp3) is 0.167. The molecule has 0 aromatic heterocycles. The Morgan fingerprint density at radius 2 is 2.00 bits per heavy atom. The fourth-order valence-electron chi connectivity index (χ4n) is 2.58. The molecule has 22 heavy (non-hydrogen) atoms. The van der Waals surface area contributed by atoms with Crippen LogP contribution in [0, 0.1) is 5.82 Å². The van der Waals surface area contributed by atoms with E-state index in [1.807, 2.05) is 18.2 Å². The zero-order chi connectivity index (χ0) is 15.5. The molecule has 112 valence electrons. The third kappa shape index (κ3) is 3.01. The second kappa shape index (κ2) is 6.02. The van der Waals surface area contributed by atoms with Crippen LogP contribution in [0.25, 0.3) is 0 Å². The molecule has 1 aliphatic rings. The quantitative estimate of drug-likeness (QED) is 0.809. The Balaban J connectivity index is 1.81. The Morgan fingerprint density at radius 3 is 2.77 bits per heavy atom. The molecular weight excluding hydrogens is 281 g/mol. The summed E-state index contributed by atoms with van der Waals surface area (Å²) in [5.74, 6) is 0.687. The number of fused-ring (bicyclic) bond motifs is 1.